The van der Waals surface area contributed by atoms with Crippen molar-refractivity contribution in [3.05, 3.63) is 41.3 Å². The van der Waals surface area contributed by atoms with Crippen LogP contribution in [0.15, 0.2) is 35.7 Å². The van der Waals surface area contributed by atoms with Gasteiger partial charge in [-0.05, 0) is 18.6 Å². The number of benzene rings is 1. The topological polar surface area (TPSA) is 91.2 Å². The molecule has 8 nitrogen and oxygen atoms in total. The van der Waals surface area contributed by atoms with Crippen LogP contribution in [-0.4, -0.2) is 74.9 Å². The minimum absolute atomic E-state index is 0.208. The molecule has 1 aromatic rings. The van der Waals surface area contributed by atoms with Gasteiger partial charge in [-0.15, -0.1) is 0 Å². The summed E-state index contributed by atoms with van der Waals surface area (Å²) in [4.78, 5) is 26.4. The number of carbonyl (C=O) groups is 2. The molecule has 1 atom stereocenters. The molecule has 146 valence electrons. The van der Waals surface area contributed by atoms with Crippen LogP contribution in [0.3, 0.4) is 0 Å². The number of imide groups is 1. The summed E-state index contributed by atoms with van der Waals surface area (Å²) in [6, 6.07) is 8.55. The van der Waals surface area contributed by atoms with Gasteiger partial charge < -0.3 is 10.2 Å². The first-order valence-electron chi connectivity index (χ1n) is 9.05. The van der Waals surface area contributed by atoms with Crippen molar-refractivity contribution in [2.45, 2.75) is 13.0 Å². The van der Waals surface area contributed by atoms with E-state index in [9.17, 15) is 18.0 Å². The second kappa shape index (κ2) is 8.20. The van der Waals surface area contributed by atoms with Crippen molar-refractivity contribution in [2.24, 2.45) is 0 Å². The van der Waals surface area contributed by atoms with E-state index in [0.717, 1.165) is 10.5 Å². The number of hydrogen-bond donors (Lipinski definition) is 2. The number of carbonyl (C=O) groups excluding carboxylic acids is 2. The summed E-state index contributed by atoms with van der Waals surface area (Å²) in [6.07, 6.45) is 1.59. The molecule has 3 amide bonds. The summed E-state index contributed by atoms with van der Waals surface area (Å²) in [5.41, 5.74) is 0.827. The SMILES string of the molecule is C[C@H](C(=O)N1CCNC1=O)[NH+]1CCN(S(=O)(=O)/C=C/c2ccccc2)CC1. The first kappa shape index (κ1) is 19.5. The number of nitrogens with zero attached hydrogens (tertiary/aromatic N) is 2. The van der Waals surface area contributed by atoms with Crippen LogP contribution in [0.4, 0.5) is 4.79 Å². The molecular weight excluding hydrogens is 368 g/mol. The Morgan fingerprint density at radius 1 is 1.19 bits per heavy atom. The zero-order valence-corrected chi connectivity index (χ0v) is 16.1. The van der Waals surface area contributed by atoms with Crippen LogP contribution in [0, 0.1) is 0 Å². The highest BCUT2D eigenvalue weighted by molar-refractivity contribution is 7.92. The van der Waals surface area contributed by atoms with E-state index in [-0.39, 0.29) is 18.0 Å². The predicted molar refractivity (Wildman–Crippen MR) is 101 cm³/mol. The molecule has 2 aliphatic heterocycles. The maximum Gasteiger partial charge on any atom is 0.324 e. The highest BCUT2D eigenvalue weighted by atomic mass is 32.2. The average molecular weight is 393 g/mol. The predicted octanol–water partition coefficient (Wildman–Crippen LogP) is -0.872. The Balaban J connectivity index is 1.57. The molecule has 0 aliphatic carbocycles. The van der Waals surface area contributed by atoms with Crippen LogP contribution in [0.25, 0.3) is 6.08 Å². The van der Waals surface area contributed by atoms with E-state index in [1.54, 1.807) is 13.0 Å². The van der Waals surface area contributed by atoms with E-state index in [1.807, 2.05) is 30.3 Å². The van der Waals surface area contributed by atoms with Crippen molar-refractivity contribution in [3.63, 3.8) is 0 Å². The van der Waals surface area contributed by atoms with Gasteiger partial charge in [0, 0.05) is 18.5 Å². The molecule has 1 aromatic carbocycles. The van der Waals surface area contributed by atoms with Crippen molar-refractivity contribution in [2.75, 3.05) is 39.3 Å². The molecule has 3 rings (SSSR count). The van der Waals surface area contributed by atoms with Gasteiger partial charge in [0.25, 0.3) is 5.91 Å². The van der Waals surface area contributed by atoms with Gasteiger partial charge in [-0.2, -0.15) is 4.31 Å². The molecule has 27 heavy (non-hydrogen) atoms. The fourth-order valence-electron chi connectivity index (χ4n) is 3.37. The molecule has 9 heteroatoms. The van der Waals surface area contributed by atoms with Crippen molar-refractivity contribution >= 4 is 28.0 Å². The summed E-state index contributed by atoms with van der Waals surface area (Å²) in [5.74, 6) is -0.208. The average Bonchev–Trinajstić information content (AvgIpc) is 3.12. The monoisotopic (exact) mass is 393 g/mol. The molecule has 0 radical (unpaired) electrons. The first-order valence-corrected chi connectivity index (χ1v) is 10.6. The Hall–Kier alpha value is -2.23. The zero-order valence-electron chi connectivity index (χ0n) is 15.3. The van der Waals surface area contributed by atoms with Crippen molar-refractivity contribution in [3.8, 4) is 0 Å². The highest BCUT2D eigenvalue weighted by Crippen LogP contribution is 2.08. The van der Waals surface area contributed by atoms with Gasteiger partial charge in [0.1, 0.15) is 0 Å². The fraction of sp³-hybridized carbons (Fsp3) is 0.444. The van der Waals surface area contributed by atoms with Gasteiger partial charge in [0.15, 0.2) is 6.04 Å². The molecule has 2 heterocycles. The number of sulfonamides is 1. The number of urea groups is 1. The summed E-state index contributed by atoms with van der Waals surface area (Å²) in [5, 5.41) is 3.86. The quantitative estimate of drug-likeness (QED) is 0.680. The van der Waals surface area contributed by atoms with Crippen molar-refractivity contribution in [1.29, 1.82) is 0 Å². The van der Waals surface area contributed by atoms with Gasteiger partial charge in [-0.1, -0.05) is 30.3 Å². The smallest absolute Gasteiger partial charge is 0.324 e. The number of hydrogen-bond acceptors (Lipinski definition) is 4. The second-order valence-corrected chi connectivity index (χ2v) is 8.58. The maximum absolute atomic E-state index is 12.5. The lowest BCUT2D eigenvalue weighted by Crippen LogP contribution is -3.19. The van der Waals surface area contributed by atoms with Crippen LogP contribution in [0.5, 0.6) is 0 Å². The van der Waals surface area contributed by atoms with Gasteiger partial charge in [0.2, 0.25) is 10.0 Å². The lowest BCUT2D eigenvalue weighted by Gasteiger charge is -2.34. The van der Waals surface area contributed by atoms with Crippen LogP contribution in [0.1, 0.15) is 12.5 Å². The number of nitrogens with one attached hydrogen (secondary N) is 2. The molecule has 2 saturated heterocycles. The van der Waals surface area contributed by atoms with Gasteiger partial charge >= 0.3 is 6.03 Å². The third-order valence-corrected chi connectivity index (χ3v) is 6.63. The van der Waals surface area contributed by atoms with Crippen LogP contribution in [0.2, 0.25) is 0 Å². The third-order valence-electron chi connectivity index (χ3n) is 5.06. The van der Waals surface area contributed by atoms with E-state index >= 15 is 0 Å². The summed E-state index contributed by atoms with van der Waals surface area (Å²) < 4.78 is 26.5. The minimum atomic E-state index is -3.50. The van der Waals surface area contributed by atoms with Crippen molar-refractivity contribution in [1.82, 2.24) is 14.5 Å². The Kier molecular flexibility index (Phi) is 5.93. The van der Waals surface area contributed by atoms with Crippen molar-refractivity contribution < 1.29 is 22.9 Å². The van der Waals surface area contributed by atoms with E-state index in [0.29, 0.717) is 39.3 Å². The zero-order chi connectivity index (χ0) is 19.4. The second-order valence-electron chi connectivity index (χ2n) is 6.76. The molecular formula is C18H25N4O4S+. The molecule has 0 spiro atoms. The molecule has 2 fully saturated rings. The minimum Gasteiger partial charge on any atom is -0.336 e. The number of rotatable bonds is 5. The fourth-order valence-corrected chi connectivity index (χ4v) is 4.56. The molecule has 0 bridgehead atoms. The van der Waals surface area contributed by atoms with E-state index in [4.69, 9.17) is 0 Å². The van der Waals surface area contributed by atoms with Gasteiger partial charge in [-0.3, -0.25) is 9.69 Å². The van der Waals surface area contributed by atoms with E-state index in [2.05, 4.69) is 5.32 Å². The summed E-state index contributed by atoms with van der Waals surface area (Å²) >= 11 is 0. The van der Waals surface area contributed by atoms with E-state index < -0.39 is 10.0 Å². The van der Waals surface area contributed by atoms with Crippen LogP contribution in [-0.2, 0) is 14.8 Å². The van der Waals surface area contributed by atoms with Crippen LogP contribution >= 0.6 is 0 Å². The number of quaternary nitrogens is 1. The lowest BCUT2D eigenvalue weighted by molar-refractivity contribution is -0.917. The molecule has 0 saturated carbocycles. The molecule has 0 unspecified atom stereocenters. The number of piperazine rings is 1. The first-order chi connectivity index (χ1) is 12.9. The molecule has 0 aromatic heterocycles. The van der Waals surface area contributed by atoms with Gasteiger partial charge in [-0.25, -0.2) is 13.2 Å². The number of amides is 3. The van der Waals surface area contributed by atoms with E-state index in [1.165, 1.54) is 14.6 Å². The maximum atomic E-state index is 12.5. The summed E-state index contributed by atoms with van der Waals surface area (Å²) in [7, 11) is -3.50. The summed E-state index contributed by atoms with van der Waals surface area (Å²) in [6.45, 7) is 4.41. The highest BCUT2D eigenvalue weighted by Gasteiger charge is 2.37. The van der Waals surface area contributed by atoms with Gasteiger partial charge in [0.05, 0.1) is 26.2 Å². The Morgan fingerprint density at radius 3 is 2.44 bits per heavy atom. The normalized spacial score (nSPS) is 20.8. The Bertz CT molecular complexity index is 817. The standard InChI is InChI=1S/C18H24N4O4S/c1-15(17(23)22-9-8-19-18(22)24)20-10-12-21(13-11-20)27(25,26)14-7-16-5-3-2-4-6-16/h2-7,14-15H,8-13H2,1H3,(H,19,24)/p+1/b14-7+/t15-/m1/s1. The van der Waals surface area contributed by atoms with Crippen LogP contribution < -0.4 is 10.2 Å². The Labute approximate surface area is 159 Å². The molecule has 2 aliphatic rings. The third kappa shape index (κ3) is 4.55. The largest absolute Gasteiger partial charge is 0.336 e. The molecule has 2 N–H and O–H groups in total. The lowest BCUT2D eigenvalue weighted by atomic mass is 10.2. The Morgan fingerprint density at radius 2 is 1.85 bits per heavy atom.